The number of sulfonamides is 1. The number of methoxy groups -OCH3 is 3. The number of ether oxygens (including phenoxy) is 4. The zero-order valence-corrected chi connectivity index (χ0v) is 19.8. The molecular formula is C19H24FN5O8S. The summed E-state index contributed by atoms with van der Waals surface area (Å²) in [5.74, 6) is -1.14. The van der Waals surface area contributed by atoms with Gasteiger partial charge in [-0.1, -0.05) is 0 Å². The molecule has 2 rings (SSSR count). The lowest BCUT2D eigenvalue weighted by atomic mass is 10.1. The second-order valence-electron chi connectivity index (χ2n) is 6.70. The molecular weight excluding hydrogens is 477 g/mol. The highest BCUT2D eigenvalue weighted by molar-refractivity contribution is 7.90. The van der Waals surface area contributed by atoms with Crippen LogP contribution in [-0.2, 0) is 24.3 Å². The van der Waals surface area contributed by atoms with Crippen LogP contribution in [0.3, 0.4) is 0 Å². The van der Waals surface area contributed by atoms with Crippen LogP contribution in [0.5, 0.6) is 11.8 Å². The van der Waals surface area contributed by atoms with Gasteiger partial charge in [0.05, 0.1) is 20.3 Å². The third kappa shape index (κ3) is 6.71. The lowest BCUT2D eigenvalue weighted by Crippen LogP contribution is -2.36. The van der Waals surface area contributed by atoms with Crippen LogP contribution in [0.15, 0.2) is 23.2 Å². The first kappa shape index (κ1) is 26.7. The number of anilines is 1. The van der Waals surface area contributed by atoms with Gasteiger partial charge in [-0.15, -0.1) is 0 Å². The molecule has 2 amide bonds. The van der Waals surface area contributed by atoms with Gasteiger partial charge in [0, 0.05) is 13.3 Å². The Labute approximate surface area is 195 Å². The van der Waals surface area contributed by atoms with E-state index in [2.05, 4.69) is 25.0 Å². The molecule has 0 saturated heterocycles. The molecule has 15 heteroatoms. The number of pyridine rings is 1. The van der Waals surface area contributed by atoms with Crippen LogP contribution >= 0.6 is 0 Å². The van der Waals surface area contributed by atoms with E-state index in [4.69, 9.17) is 14.2 Å². The maximum absolute atomic E-state index is 14.4. The first-order valence-electron chi connectivity index (χ1n) is 9.61. The van der Waals surface area contributed by atoms with Gasteiger partial charge in [0.2, 0.25) is 17.7 Å². The van der Waals surface area contributed by atoms with Gasteiger partial charge in [-0.2, -0.15) is 9.97 Å². The fraction of sp³-hybridized carbons (Fsp3) is 0.421. The van der Waals surface area contributed by atoms with E-state index < -0.39 is 51.5 Å². The SMILES string of the molecule is COCC(=O)OC(c1nccc(C)c1S(=O)(=O)NC(=O)Nc1nc(OC)cc(OC)n1)C(C)F. The first-order valence-corrected chi connectivity index (χ1v) is 11.1. The zero-order chi connectivity index (χ0) is 25.5. The molecule has 0 aliphatic heterocycles. The van der Waals surface area contributed by atoms with Gasteiger partial charge < -0.3 is 18.9 Å². The molecule has 0 aromatic carbocycles. The van der Waals surface area contributed by atoms with Crippen molar-refractivity contribution in [2.75, 3.05) is 33.3 Å². The number of hydrogen-bond donors (Lipinski definition) is 2. The number of amides is 2. The minimum atomic E-state index is -4.63. The molecule has 0 saturated carbocycles. The number of nitrogens with zero attached hydrogens (tertiary/aromatic N) is 3. The number of aromatic nitrogens is 3. The van der Waals surface area contributed by atoms with E-state index in [0.717, 1.165) is 6.92 Å². The number of nitrogens with one attached hydrogen (secondary N) is 2. The van der Waals surface area contributed by atoms with Gasteiger partial charge in [-0.05, 0) is 25.5 Å². The molecule has 0 aliphatic carbocycles. The van der Waals surface area contributed by atoms with Crippen molar-refractivity contribution < 1.29 is 41.3 Å². The van der Waals surface area contributed by atoms with E-state index in [1.54, 1.807) is 4.72 Å². The Kier molecular flexibility index (Phi) is 9.03. The van der Waals surface area contributed by atoms with Gasteiger partial charge in [0.1, 0.15) is 23.4 Å². The van der Waals surface area contributed by atoms with Gasteiger partial charge in [-0.25, -0.2) is 27.1 Å². The monoisotopic (exact) mass is 501 g/mol. The smallest absolute Gasteiger partial charge is 0.335 e. The lowest BCUT2D eigenvalue weighted by Gasteiger charge is -2.22. The van der Waals surface area contributed by atoms with Crippen LogP contribution in [0.4, 0.5) is 15.1 Å². The molecule has 2 N–H and O–H groups in total. The van der Waals surface area contributed by atoms with Gasteiger partial charge >= 0.3 is 12.0 Å². The van der Waals surface area contributed by atoms with Crippen LogP contribution in [0.2, 0.25) is 0 Å². The average Bonchev–Trinajstić information content (AvgIpc) is 2.76. The topological polar surface area (TPSA) is 168 Å². The molecule has 0 fully saturated rings. The zero-order valence-electron chi connectivity index (χ0n) is 19.0. The highest BCUT2D eigenvalue weighted by atomic mass is 32.2. The number of carbonyl (C=O) groups excluding carboxylic acids is 2. The lowest BCUT2D eigenvalue weighted by molar-refractivity contribution is -0.157. The second-order valence-corrected chi connectivity index (χ2v) is 8.32. The van der Waals surface area contributed by atoms with E-state index in [-0.39, 0.29) is 23.3 Å². The summed E-state index contributed by atoms with van der Waals surface area (Å²) in [4.78, 5) is 35.4. The van der Waals surface area contributed by atoms with E-state index in [1.807, 2.05) is 0 Å². The number of rotatable bonds is 10. The third-order valence-corrected chi connectivity index (χ3v) is 5.68. The van der Waals surface area contributed by atoms with E-state index >= 15 is 0 Å². The Morgan fingerprint density at radius 1 is 1.15 bits per heavy atom. The number of hydrogen-bond acceptors (Lipinski definition) is 11. The molecule has 2 aromatic heterocycles. The predicted molar refractivity (Wildman–Crippen MR) is 115 cm³/mol. The maximum atomic E-state index is 14.4. The summed E-state index contributed by atoms with van der Waals surface area (Å²) in [5, 5.41) is 2.15. The molecule has 186 valence electrons. The number of aryl methyl sites for hydroxylation is 1. The molecule has 0 aliphatic rings. The van der Waals surface area contributed by atoms with Crippen LogP contribution < -0.4 is 19.5 Å². The average molecular weight is 501 g/mol. The van der Waals surface area contributed by atoms with Crippen molar-refractivity contribution in [3.8, 4) is 11.8 Å². The standard InChI is InChI=1S/C19H24FN5O8S/c1-10-6-7-21-15(16(11(2)20)33-14(26)9-30-3)17(10)34(28,29)25-19(27)24-18-22-12(31-4)8-13(23-18)32-5/h6-8,11,16H,9H2,1-5H3,(H2,22,23,24,25,27). The number of urea groups is 1. The molecule has 0 radical (unpaired) electrons. The number of esters is 1. The Morgan fingerprint density at radius 3 is 2.29 bits per heavy atom. The largest absolute Gasteiger partial charge is 0.481 e. The van der Waals surface area contributed by atoms with E-state index in [1.165, 1.54) is 46.6 Å². The predicted octanol–water partition coefficient (Wildman–Crippen LogP) is 1.30. The van der Waals surface area contributed by atoms with E-state index in [9.17, 15) is 22.4 Å². The van der Waals surface area contributed by atoms with E-state index in [0.29, 0.717) is 0 Å². The molecule has 2 heterocycles. The van der Waals surface area contributed by atoms with Crippen molar-refractivity contribution in [3.05, 3.63) is 29.6 Å². The number of alkyl halides is 1. The molecule has 2 aromatic rings. The van der Waals surface area contributed by atoms with Crippen molar-refractivity contribution >= 4 is 28.0 Å². The Bertz CT molecular complexity index is 1120. The summed E-state index contributed by atoms with van der Waals surface area (Å²) < 4.78 is 61.9. The molecule has 2 atom stereocenters. The fourth-order valence-corrected chi connectivity index (χ4v) is 4.08. The van der Waals surface area contributed by atoms with Crippen LogP contribution in [0.25, 0.3) is 0 Å². The highest BCUT2D eigenvalue weighted by Gasteiger charge is 2.34. The molecule has 2 unspecified atom stereocenters. The number of halogens is 1. The molecule has 13 nitrogen and oxygen atoms in total. The van der Waals surface area contributed by atoms with Crippen molar-refractivity contribution in [1.82, 2.24) is 19.7 Å². The Balaban J connectivity index is 2.37. The van der Waals surface area contributed by atoms with Crippen LogP contribution in [-0.4, -0.2) is 69.5 Å². The first-order chi connectivity index (χ1) is 16.0. The minimum absolute atomic E-state index is 0.0491. The summed E-state index contributed by atoms with van der Waals surface area (Å²) in [7, 11) is -0.747. The summed E-state index contributed by atoms with van der Waals surface area (Å²) in [6, 6.07) is 1.45. The van der Waals surface area contributed by atoms with Crippen molar-refractivity contribution in [2.45, 2.75) is 31.0 Å². The molecule has 0 spiro atoms. The summed E-state index contributed by atoms with van der Waals surface area (Å²) in [6.07, 6.45) is -2.29. The molecule has 0 bridgehead atoms. The fourth-order valence-electron chi connectivity index (χ4n) is 2.75. The van der Waals surface area contributed by atoms with Crippen molar-refractivity contribution in [2.24, 2.45) is 0 Å². The van der Waals surface area contributed by atoms with Crippen LogP contribution in [0, 0.1) is 6.92 Å². The van der Waals surface area contributed by atoms with Crippen molar-refractivity contribution in [1.29, 1.82) is 0 Å². The summed E-state index contributed by atoms with van der Waals surface area (Å²) >= 11 is 0. The van der Waals surface area contributed by atoms with Gasteiger partial charge in [0.15, 0.2) is 6.10 Å². The van der Waals surface area contributed by atoms with Crippen LogP contribution in [0.1, 0.15) is 24.3 Å². The second kappa shape index (κ2) is 11.5. The summed E-state index contributed by atoms with van der Waals surface area (Å²) in [6.45, 7) is 1.99. The normalized spacial score (nSPS) is 12.9. The molecule has 34 heavy (non-hydrogen) atoms. The quantitative estimate of drug-likeness (QED) is 0.450. The maximum Gasteiger partial charge on any atom is 0.335 e. The highest BCUT2D eigenvalue weighted by Crippen LogP contribution is 2.30. The Morgan fingerprint density at radius 2 is 1.76 bits per heavy atom. The van der Waals surface area contributed by atoms with Gasteiger partial charge in [0.25, 0.3) is 10.0 Å². The minimum Gasteiger partial charge on any atom is -0.481 e. The van der Waals surface area contributed by atoms with Gasteiger partial charge in [-0.3, -0.25) is 10.3 Å². The third-order valence-electron chi connectivity index (χ3n) is 4.15. The van der Waals surface area contributed by atoms with Crippen molar-refractivity contribution in [3.63, 3.8) is 0 Å². The number of carbonyl (C=O) groups is 2. The summed E-state index contributed by atoms with van der Waals surface area (Å²) in [5.41, 5.74) is -0.280. The Hall–Kier alpha value is -3.59.